The molecule has 0 spiro atoms. The Morgan fingerprint density at radius 1 is 1.12 bits per heavy atom. The Morgan fingerprint density at radius 2 is 1.88 bits per heavy atom. The van der Waals surface area contributed by atoms with Crippen molar-refractivity contribution in [1.82, 2.24) is 20.7 Å². The Hall–Kier alpha value is -3.47. The maximum absolute atomic E-state index is 13.5. The lowest BCUT2D eigenvalue weighted by atomic mass is 10.0. The minimum atomic E-state index is -0.961. The van der Waals surface area contributed by atoms with Crippen molar-refractivity contribution >= 4 is 29.6 Å². The topological polar surface area (TPSA) is 134 Å². The number of benzene rings is 1. The highest BCUT2D eigenvalue weighted by Crippen LogP contribution is 2.26. The average molecular weight is 472 g/mol. The van der Waals surface area contributed by atoms with Crippen molar-refractivity contribution in [2.24, 2.45) is 0 Å². The lowest BCUT2D eigenvalue weighted by molar-refractivity contribution is -0.177. The molecule has 3 aliphatic heterocycles. The van der Waals surface area contributed by atoms with Gasteiger partial charge in [0.25, 0.3) is 11.8 Å². The summed E-state index contributed by atoms with van der Waals surface area (Å²) in [6, 6.07) is 5.86. The average Bonchev–Trinajstić information content (AvgIpc) is 3.13. The van der Waals surface area contributed by atoms with Crippen molar-refractivity contribution in [3.05, 3.63) is 35.9 Å². The van der Waals surface area contributed by atoms with Gasteiger partial charge in [-0.3, -0.25) is 29.0 Å². The molecule has 0 saturated carbocycles. The Labute approximate surface area is 196 Å². The number of fused-ring (bicyclic) bond motifs is 1. The molecule has 1 aromatic rings. The number of nitrogens with one attached hydrogen (secondary N) is 2. The zero-order valence-corrected chi connectivity index (χ0v) is 18.9. The normalized spacial score (nSPS) is 27.0. The number of carbonyl (C=O) groups is 5. The molecule has 0 aromatic heterocycles. The molecule has 3 saturated heterocycles. The fourth-order valence-electron chi connectivity index (χ4n) is 4.49. The first kappa shape index (κ1) is 23.7. The number of ether oxygens (including phenoxy) is 2. The molecule has 3 heterocycles. The molecule has 11 heteroatoms. The quantitative estimate of drug-likeness (QED) is 0.561. The van der Waals surface area contributed by atoms with Crippen LogP contribution in [0.1, 0.15) is 49.4 Å². The van der Waals surface area contributed by atoms with Gasteiger partial charge in [0.1, 0.15) is 18.1 Å². The van der Waals surface area contributed by atoms with Gasteiger partial charge in [-0.1, -0.05) is 18.2 Å². The summed E-state index contributed by atoms with van der Waals surface area (Å²) in [7, 11) is 0. The second-order valence-electron chi connectivity index (χ2n) is 8.42. The Bertz CT molecular complexity index is 969. The van der Waals surface area contributed by atoms with E-state index in [1.165, 1.54) is 10.0 Å². The summed E-state index contributed by atoms with van der Waals surface area (Å²) >= 11 is 0. The molecule has 4 rings (SSSR count). The molecule has 3 fully saturated rings. The van der Waals surface area contributed by atoms with Crippen molar-refractivity contribution in [3.63, 3.8) is 0 Å². The third-order valence-corrected chi connectivity index (χ3v) is 6.13. The van der Waals surface area contributed by atoms with Gasteiger partial charge < -0.3 is 20.1 Å². The molecule has 1 aromatic carbocycles. The molecule has 0 aliphatic carbocycles. The van der Waals surface area contributed by atoms with Gasteiger partial charge in [0.15, 0.2) is 0 Å². The Morgan fingerprint density at radius 3 is 2.62 bits per heavy atom. The zero-order valence-electron chi connectivity index (χ0n) is 18.9. The number of hydrogen-bond acceptors (Lipinski definition) is 7. The van der Waals surface area contributed by atoms with Crippen molar-refractivity contribution in [2.45, 2.75) is 63.4 Å². The van der Waals surface area contributed by atoms with Gasteiger partial charge in [-0.15, -0.1) is 0 Å². The van der Waals surface area contributed by atoms with Crippen molar-refractivity contribution in [3.8, 4) is 0 Å². The SMILES string of the molecule is CCOC1OC(=O)CC1NC(=O)C1CCCN2C(=O)CCC(NC(=O)c3ccccc3)C(=O)N12. The number of nitrogens with zero attached hydrogens (tertiary/aromatic N) is 2. The van der Waals surface area contributed by atoms with Crippen LogP contribution in [0, 0.1) is 0 Å². The van der Waals surface area contributed by atoms with Gasteiger partial charge >= 0.3 is 5.97 Å². The fraction of sp³-hybridized carbons (Fsp3) is 0.522. The van der Waals surface area contributed by atoms with Crippen molar-refractivity contribution in [1.29, 1.82) is 0 Å². The van der Waals surface area contributed by atoms with Crippen molar-refractivity contribution < 1.29 is 33.4 Å². The van der Waals surface area contributed by atoms with E-state index in [-0.39, 0.29) is 25.2 Å². The van der Waals surface area contributed by atoms with E-state index in [0.29, 0.717) is 31.6 Å². The van der Waals surface area contributed by atoms with E-state index in [0.717, 1.165) is 0 Å². The fourth-order valence-corrected chi connectivity index (χ4v) is 4.49. The van der Waals surface area contributed by atoms with Crippen LogP contribution >= 0.6 is 0 Å². The highest BCUT2D eigenvalue weighted by atomic mass is 16.7. The summed E-state index contributed by atoms with van der Waals surface area (Å²) in [5.41, 5.74) is 0.392. The van der Waals surface area contributed by atoms with Crippen LogP contribution in [-0.2, 0) is 28.7 Å². The molecule has 0 bridgehead atoms. The highest BCUT2D eigenvalue weighted by molar-refractivity contribution is 5.99. The van der Waals surface area contributed by atoms with Crippen LogP contribution in [0.2, 0.25) is 0 Å². The summed E-state index contributed by atoms with van der Waals surface area (Å²) < 4.78 is 10.5. The summed E-state index contributed by atoms with van der Waals surface area (Å²) in [5, 5.41) is 7.96. The van der Waals surface area contributed by atoms with Gasteiger partial charge in [0.2, 0.25) is 18.1 Å². The number of hydrazine groups is 1. The molecule has 2 N–H and O–H groups in total. The van der Waals surface area contributed by atoms with E-state index in [9.17, 15) is 24.0 Å². The summed E-state index contributed by atoms with van der Waals surface area (Å²) in [4.78, 5) is 63.9. The number of esters is 1. The van der Waals surface area contributed by atoms with E-state index in [1.54, 1.807) is 37.3 Å². The minimum absolute atomic E-state index is 0.0462. The standard InChI is InChI=1S/C23H28N4O7/c1-2-33-23-16(13-19(29)34-23)25-21(31)17-9-6-12-26-18(28)11-10-15(22(32)27(17)26)24-20(30)14-7-4-3-5-8-14/h3-5,7-8,15-17,23H,2,6,9-13H2,1H3,(H,24,30)(H,25,31). The Kier molecular flexibility index (Phi) is 7.11. The minimum Gasteiger partial charge on any atom is -0.433 e. The highest BCUT2D eigenvalue weighted by Gasteiger charge is 2.46. The smallest absolute Gasteiger partial charge is 0.310 e. The molecule has 3 aliphatic rings. The third kappa shape index (κ3) is 4.89. The lowest BCUT2D eigenvalue weighted by Crippen LogP contribution is -2.64. The van der Waals surface area contributed by atoms with Gasteiger partial charge in [0, 0.05) is 25.1 Å². The second kappa shape index (κ2) is 10.2. The molecule has 4 amide bonds. The maximum Gasteiger partial charge on any atom is 0.310 e. The van der Waals surface area contributed by atoms with E-state index < -0.39 is 48.1 Å². The van der Waals surface area contributed by atoms with Crippen LogP contribution in [0.5, 0.6) is 0 Å². The summed E-state index contributed by atoms with van der Waals surface area (Å²) in [6.07, 6.45) is 0.115. The van der Waals surface area contributed by atoms with Gasteiger partial charge in [-0.25, -0.2) is 5.01 Å². The monoisotopic (exact) mass is 472 g/mol. The molecular formula is C23H28N4O7. The van der Waals surface area contributed by atoms with Gasteiger partial charge in [0.05, 0.1) is 6.42 Å². The Balaban J connectivity index is 1.52. The van der Waals surface area contributed by atoms with Crippen LogP contribution < -0.4 is 10.6 Å². The summed E-state index contributed by atoms with van der Waals surface area (Å²) in [6.45, 7) is 2.35. The van der Waals surface area contributed by atoms with E-state index >= 15 is 0 Å². The van der Waals surface area contributed by atoms with Crippen LogP contribution in [0.25, 0.3) is 0 Å². The van der Waals surface area contributed by atoms with Crippen molar-refractivity contribution in [2.75, 3.05) is 13.2 Å². The second-order valence-corrected chi connectivity index (χ2v) is 8.42. The number of rotatable bonds is 6. The van der Waals surface area contributed by atoms with Gasteiger partial charge in [-0.05, 0) is 38.3 Å². The summed E-state index contributed by atoms with van der Waals surface area (Å²) in [5.74, 6) is -2.23. The van der Waals surface area contributed by atoms with E-state index in [4.69, 9.17) is 9.47 Å². The van der Waals surface area contributed by atoms with E-state index in [1.807, 2.05) is 0 Å². The molecular weight excluding hydrogens is 444 g/mol. The molecule has 182 valence electrons. The third-order valence-electron chi connectivity index (χ3n) is 6.13. The van der Waals surface area contributed by atoms with E-state index in [2.05, 4.69) is 10.6 Å². The lowest BCUT2D eigenvalue weighted by Gasteiger charge is -2.43. The first-order valence-corrected chi connectivity index (χ1v) is 11.5. The largest absolute Gasteiger partial charge is 0.433 e. The molecule has 0 radical (unpaired) electrons. The maximum atomic E-state index is 13.5. The van der Waals surface area contributed by atoms with Gasteiger partial charge in [-0.2, -0.15) is 0 Å². The first-order valence-electron chi connectivity index (χ1n) is 11.5. The zero-order chi connectivity index (χ0) is 24.2. The van der Waals surface area contributed by atoms with Crippen LogP contribution in [-0.4, -0.2) is 77.2 Å². The van der Waals surface area contributed by atoms with Crippen LogP contribution in [0.15, 0.2) is 30.3 Å². The predicted molar refractivity (Wildman–Crippen MR) is 117 cm³/mol. The van der Waals surface area contributed by atoms with Crippen LogP contribution in [0.4, 0.5) is 0 Å². The number of cyclic esters (lactones) is 1. The predicted octanol–water partition coefficient (Wildman–Crippen LogP) is 0.108. The number of hydrogen-bond donors (Lipinski definition) is 2. The number of amides is 4. The first-order chi connectivity index (χ1) is 16.4. The van der Waals surface area contributed by atoms with Crippen LogP contribution in [0.3, 0.4) is 0 Å². The number of carbonyl (C=O) groups excluding carboxylic acids is 5. The molecule has 34 heavy (non-hydrogen) atoms. The molecule has 4 atom stereocenters. The molecule has 4 unspecified atom stereocenters. The molecule has 11 nitrogen and oxygen atoms in total.